The molecule has 8 nitrogen and oxygen atoms in total. The second-order valence-electron chi connectivity index (χ2n) is 10.5. The molecule has 37 heavy (non-hydrogen) atoms. The minimum absolute atomic E-state index is 0.0495. The Kier molecular flexibility index (Phi) is 7.95. The van der Waals surface area contributed by atoms with E-state index in [9.17, 15) is 9.59 Å². The fourth-order valence-corrected chi connectivity index (χ4v) is 4.68. The summed E-state index contributed by atoms with van der Waals surface area (Å²) in [6.45, 7) is 8.66. The maximum atomic E-state index is 12.8. The van der Waals surface area contributed by atoms with E-state index in [1.165, 1.54) is 7.11 Å². The molecule has 0 saturated carbocycles. The molecule has 0 aliphatic carbocycles. The van der Waals surface area contributed by atoms with Gasteiger partial charge in [0.05, 0.1) is 19.2 Å². The Bertz CT molecular complexity index is 1140. The van der Waals surface area contributed by atoms with Crippen LogP contribution in [0.2, 0.25) is 0 Å². The quantitative estimate of drug-likeness (QED) is 0.519. The van der Waals surface area contributed by atoms with Crippen LogP contribution in [0.15, 0.2) is 66.1 Å². The molecule has 2 heterocycles. The Hall–Kier alpha value is -3.68. The summed E-state index contributed by atoms with van der Waals surface area (Å²) in [5.74, 6) is 1.07. The van der Waals surface area contributed by atoms with Crippen molar-refractivity contribution >= 4 is 12.1 Å². The van der Waals surface area contributed by atoms with Crippen molar-refractivity contribution in [1.29, 1.82) is 0 Å². The van der Waals surface area contributed by atoms with Crippen molar-refractivity contribution in [3.63, 3.8) is 0 Å². The maximum absolute atomic E-state index is 12.8. The fraction of sp³-hybridized carbons (Fsp3) is 0.448. The molecule has 2 aliphatic heterocycles. The second-order valence-corrected chi connectivity index (χ2v) is 10.5. The molecular weight excluding hydrogens is 472 g/mol. The predicted molar refractivity (Wildman–Crippen MR) is 139 cm³/mol. The Morgan fingerprint density at radius 1 is 1.05 bits per heavy atom. The monoisotopic (exact) mass is 508 g/mol. The van der Waals surface area contributed by atoms with Crippen LogP contribution >= 0.6 is 0 Å². The Morgan fingerprint density at radius 3 is 2.49 bits per heavy atom. The number of nitrogens with one attached hydrogen (secondary N) is 1. The van der Waals surface area contributed by atoms with Crippen molar-refractivity contribution in [1.82, 2.24) is 10.2 Å². The molecule has 0 spiro atoms. The molecule has 4 rings (SSSR count). The minimum Gasteiger partial charge on any atom is -0.487 e. The van der Waals surface area contributed by atoms with Gasteiger partial charge in [-0.25, -0.2) is 4.79 Å². The second kappa shape index (κ2) is 11.2. The number of esters is 1. The van der Waals surface area contributed by atoms with Gasteiger partial charge in [0.1, 0.15) is 23.7 Å². The first-order chi connectivity index (χ1) is 17.6. The Morgan fingerprint density at radius 2 is 1.78 bits per heavy atom. The molecule has 1 N–H and O–H groups in total. The van der Waals surface area contributed by atoms with E-state index in [1.807, 2.05) is 82.3 Å². The van der Waals surface area contributed by atoms with Crippen LogP contribution < -0.4 is 10.1 Å². The van der Waals surface area contributed by atoms with Crippen LogP contribution in [-0.4, -0.2) is 49.4 Å². The van der Waals surface area contributed by atoms with E-state index in [2.05, 4.69) is 5.32 Å². The van der Waals surface area contributed by atoms with Crippen LogP contribution in [0, 0.1) is 5.92 Å². The number of ether oxygens (including phenoxy) is 4. The molecule has 2 aliphatic rings. The SMILES string of the molecule is COC(=O)C[C@H]1CN(C(=O)OC(C)(C)C)C[C@H]1c1cccc(OCC2=C(C)OC(c3ccccc3)N2)c1. The molecule has 1 fully saturated rings. The van der Waals surface area contributed by atoms with E-state index >= 15 is 0 Å². The Balaban J connectivity index is 1.44. The zero-order chi connectivity index (χ0) is 26.6. The third kappa shape index (κ3) is 6.76. The maximum Gasteiger partial charge on any atom is 0.410 e. The van der Waals surface area contributed by atoms with Gasteiger partial charge in [-0.3, -0.25) is 4.79 Å². The molecule has 0 bridgehead atoms. The highest BCUT2D eigenvalue weighted by atomic mass is 16.6. The largest absolute Gasteiger partial charge is 0.487 e. The van der Waals surface area contributed by atoms with Crippen LogP contribution in [-0.2, 0) is 19.0 Å². The van der Waals surface area contributed by atoms with Gasteiger partial charge in [-0.1, -0.05) is 42.5 Å². The predicted octanol–water partition coefficient (Wildman–Crippen LogP) is 5.13. The summed E-state index contributed by atoms with van der Waals surface area (Å²) in [7, 11) is 1.38. The number of hydrogen-bond donors (Lipinski definition) is 1. The number of methoxy groups -OCH3 is 1. The zero-order valence-corrected chi connectivity index (χ0v) is 22.2. The third-order valence-electron chi connectivity index (χ3n) is 6.55. The number of nitrogens with zero attached hydrogens (tertiary/aromatic N) is 1. The van der Waals surface area contributed by atoms with Gasteiger partial charge in [0.15, 0.2) is 6.23 Å². The van der Waals surface area contributed by atoms with Crippen LogP contribution in [0.5, 0.6) is 5.75 Å². The number of likely N-dealkylation sites (tertiary alicyclic amines) is 1. The van der Waals surface area contributed by atoms with Crippen LogP contribution in [0.4, 0.5) is 4.79 Å². The molecule has 198 valence electrons. The molecule has 0 aromatic heterocycles. The van der Waals surface area contributed by atoms with E-state index in [1.54, 1.807) is 4.90 Å². The molecular formula is C29H36N2O6. The molecule has 8 heteroatoms. The van der Waals surface area contributed by atoms with Gasteiger partial charge in [-0.05, 0) is 51.3 Å². The van der Waals surface area contributed by atoms with E-state index in [0.717, 1.165) is 22.6 Å². The number of benzene rings is 2. The van der Waals surface area contributed by atoms with E-state index < -0.39 is 5.60 Å². The molecule has 1 unspecified atom stereocenters. The first-order valence-electron chi connectivity index (χ1n) is 12.6. The van der Waals surface area contributed by atoms with E-state index in [4.69, 9.17) is 18.9 Å². The Labute approximate surface area is 218 Å². The average Bonchev–Trinajstić information content (AvgIpc) is 3.46. The molecule has 2 aromatic rings. The van der Waals surface area contributed by atoms with Crippen LogP contribution in [0.25, 0.3) is 0 Å². The summed E-state index contributed by atoms with van der Waals surface area (Å²) in [6.07, 6.45) is -0.387. The highest BCUT2D eigenvalue weighted by Gasteiger charge is 2.39. The van der Waals surface area contributed by atoms with Crippen LogP contribution in [0.3, 0.4) is 0 Å². The fourth-order valence-electron chi connectivity index (χ4n) is 4.68. The summed E-state index contributed by atoms with van der Waals surface area (Å²) >= 11 is 0. The normalized spacial score (nSPS) is 21.3. The topological polar surface area (TPSA) is 86.3 Å². The molecule has 1 saturated heterocycles. The third-order valence-corrected chi connectivity index (χ3v) is 6.55. The number of allylic oxidation sites excluding steroid dienone is 1. The van der Waals surface area contributed by atoms with E-state index in [-0.39, 0.29) is 36.5 Å². The van der Waals surface area contributed by atoms with Crippen molar-refractivity contribution in [2.75, 3.05) is 26.8 Å². The van der Waals surface area contributed by atoms with Gasteiger partial charge in [0.2, 0.25) is 0 Å². The zero-order valence-electron chi connectivity index (χ0n) is 22.2. The lowest BCUT2D eigenvalue weighted by atomic mass is 9.87. The van der Waals surface area contributed by atoms with Gasteiger partial charge in [-0.15, -0.1) is 0 Å². The van der Waals surface area contributed by atoms with Gasteiger partial charge < -0.3 is 29.2 Å². The van der Waals surface area contributed by atoms with Gasteiger partial charge >= 0.3 is 12.1 Å². The average molecular weight is 509 g/mol. The lowest BCUT2D eigenvalue weighted by Crippen LogP contribution is -2.35. The molecule has 2 aromatic carbocycles. The van der Waals surface area contributed by atoms with Gasteiger partial charge in [0.25, 0.3) is 0 Å². The first-order valence-corrected chi connectivity index (χ1v) is 12.6. The number of rotatable bonds is 7. The summed E-state index contributed by atoms with van der Waals surface area (Å²) in [5.41, 5.74) is 2.34. The highest BCUT2D eigenvalue weighted by molar-refractivity contribution is 5.71. The van der Waals surface area contributed by atoms with Crippen molar-refractivity contribution < 1.29 is 28.5 Å². The van der Waals surface area contributed by atoms with Crippen molar-refractivity contribution in [2.45, 2.75) is 51.9 Å². The molecule has 0 radical (unpaired) electrons. The standard InChI is InChI=1S/C29H36N2O6/c1-19-25(30-27(36-19)20-10-7-6-8-11-20)18-35-23-13-9-12-21(14-23)24-17-31(28(33)37-29(2,3)4)16-22(24)15-26(32)34-5/h6-14,22,24,27,30H,15-18H2,1-5H3/t22-,24-,27?/m0/s1. The number of carbonyl (C=O) groups excluding carboxylic acids is 2. The summed E-state index contributed by atoms with van der Waals surface area (Å²) in [6, 6.07) is 17.8. The highest BCUT2D eigenvalue weighted by Crippen LogP contribution is 2.37. The van der Waals surface area contributed by atoms with Crippen molar-refractivity contribution in [2.24, 2.45) is 5.92 Å². The minimum atomic E-state index is -0.592. The van der Waals surface area contributed by atoms with Gasteiger partial charge in [0, 0.05) is 24.6 Å². The lowest BCUT2D eigenvalue weighted by Gasteiger charge is -2.24. The lowest BCUT2D eigenvalue weighted by molar-refractivity contribution is -0.141. The number of carbonyl (C=O) groups is 2. The molecule has 1 amide bonds. The van der Waals surface area contributed by atoms with Crippen LogP contribution in [0.1, 0.15) is 57.4 Å². The van der Waals surface area contributed by atoms with Crippen molar-refractivity contribution in [3.05, 3.63) is 77.2 Å². The first kappa shape index (κ1) is 26.4. The summed E-state index contributed by atoms with van der Waals surface area (Å²) in [4.78, 5) is 26.5. The van der Waals surface area contributed by atoms with E-state index in [0.29, 0.717) is 25.4 Å². The smallest absolute Gasteiger partial charge is 0.410 e. The number of hydrogen-bond acceptors (Lipinski definition) is 7. The summed E-state index contributed by atoms with van der Waals surface area (Å²) in [5, 5.41) is 3.39. The number of amides is 1. The van der Waals surface area contributed by atoms with Crippen molar-refractivity contribution in [3.8, 4) is 5.75 Å². The van der Waals surface area contributed by atoms with Gasteiger partial charge in [-0.2, -0.15) is 0 Å². The summed E-state index contributed by atoms with van der Waals surface area (Å²) < 4.78 is 22.6. The molecule has 3 atom stereocenters.